The predicted molar refractivity (Wildman–Crippen MR) is 52.0 cm³/mol. The maximum Gasteiger partial charge on any atom is 0.143 e. The van der Waals surface area contributed by atoms with Crippen LogP contribution in [0, 0.1) is 0 Å². The quantitative estimate of drug-likeness (QED) is 0.573. The van der Waals surface area contributed by atoms with Gasteiger partial charge in [-0.15, -0.1) is 6.58 Å². The van der Waals surface area contributed by atoms with Crippen LogP contribution in [0.3, 0.4) is 0 Å². The Balaban J connectivity index is 3.29. The SMILES string of the molecule is C=CCCC(=O)CSC(C)C. The van der Waals surface area contributed by atoms with Crippen LogP contribution in [-0.4, -0.2) is 16.8 Å². The Morgan fingerprint density at radius 2 is 2.27 bits per heavy atom. The second-order valence-corrected chi connectivity index (χ2v) is 4.29. The molecule has 0 aromatic rings. The van der Waals surface area contributed by atoms with Gasteiger partial charge in [-0.3, -0.25) is 4.79 Å². The largest absolute Gasteiger partial charge is 0.299 e. The highest BCUT2D eigenvalue weighted by Gasteiger charge is 2.01. The summed E-state index contributed by atoms with van der Waals surface area (Å²) >= 11 is 1.71. The van der Waals surface area contributed by atoms with Crippen LogP contribution in [0.1, 0.15) is 26.7 Å². The molecule has 0 unspecified atom stereocenters. The van der Waals surface area contributed by atoms with E-state index in [1.807, 2.05) is 0 Å². The van der Waals surface area contributed by atoms with Gasteiger partial charge in [-0.2, -0.15) is 11.8 Å². The van der Waals surface area contributed by atoms with Crippen molar-refractivity contribution in [3.05, 3.63) is 12.7 Å². The summed E-state index contributed by atoms with van der Waals surface area (Å²) in [6.45, 7) is 7.77. The first-order valence-electron chi connectivity index (χ1n) is 3.91. The minimum atomic E-state index is 0.337. The van der Waals surface area contributed by atoms with E-state index in [0.29, 0.717) is 23.2 Å². The molecule has 0 aliphatic carbocycles. The first-order chi connectivity index (χ1) is 5.16. The first kappa shape index (κ1) is 10.8. The molecule has 0 aliphatic heterocycles. The highest BCUT2D eigenvalue weighted by atomic mass is 32.2. The summed E-state index contributed by atoms with van der Waals surface area (Å²) < 4.78 is 0. The molecule has 0 heterocycles. The van der Waals surface area contributed by atoms with Crippen LogP contribution in [-0.2, 0) is 4.79 Å². The Bertz CT molecular complexity index is 130. The van der Waals surface area contributed by atoms with Crippen molar-refractivity contribution in [1.29, 1.82) is 0 Å². The number of carbonyl (C=O) groups excluding carboxylic acids is 1. The Kier molecular flexibility index (Phi) is 6.33. The molecule has 0 saturated heterocycles. The van der Waals surface area contributed by atoms with Gasteiger partial charge in [-0.05, 0) is 11.7 Å². The smallest absolute Gasteiger partial charge is 0.143 e. The molecule has 0 spiro atoms. The van der Waals surface area contributed by atoms with Crippen molar-refractivity contribution in [2.75, 3.05) is 5.75 Å². The number of thioether (sulfide) groups is 1. The van der Waals surface area contributed by atoms with E-state index in [0.717, 1.165) is 6.42 Å². The van der Waals surface area contributed by atoms with E-state index in [1.165, 1.54) is 0 Å². The lowest BCUT2D eigenvalue weighted by atomic mass is 10.2. The molecule has 0 bridgehead atoms. The van der Waals surface area contributed by atoms with Gasteiger partial charge in [0.15, 0.2) is 0 Å². The Morgan fingerprint density at radius 3 is 2.73 bits per heavy atom. The van der Waals surface area contributed by atoms with Crippen molar-refractivity contribution < 1.29 is 4.79 Å². The fraction of sp³-hybridized carbons (Fsp3) is 0.667. The van der Waals surface area contributed by atoms with E-state index >= 15 is 0 Å². The van der Waals surface area contributed by atoms with Crippen LogP contribution in [0.25, 0.3) is 0 Å². The van der Waals surface area contributed by atoms with Crippen LogP contribution < -0.4 is 0 Å². The minimum absolute atomic E-state index is 0.337. The second kappa shape index (κ2) is 6.47. The van der Waals surface area contributed by atoms with E-state index in [2.05, 4.69) is 20.4 Å². The normalized spacial score (nSPS) is 10.1. The molecule has 11 heavy (non-hydrogen) atoms. The van der Waals surface area contributed by atoms with Crippen LogP contribution in [0.4, 0.5) is 0 Å². The van der Waals surface area contributed by atoms with E-state index in [4.69, 9.17) is 0 Å². The van der Waals surface area contributed by atoms with E-state index < -0.39 is 0 Å². The maximum absolute atomic E-state index is 11.0. The number of Topliss-reactive ketones (excluding diaryl/α,β-unsaturated/α-hetero) is 1. The fourth-order valence-corrected chi connectivity index (χ4v) is 1.26. The zero-order valence-corrected chi connectivity index (χ0v) is 8.12. The Morgan fingerprint density at radius 1 is 1.64 bits per heavy atom. The van der Waals surface area contributed by atoms with Crippen molar-refractivity contribution in [1.82, 2.24) is 0 Å². The number of hydrogen-bond donors (Lipinski definition) is 0. The molecule has 0 N–H and O–H groups in total. The van der Waals surface area contributed by atoms with Crippen molar-refractivity contribution in [3.8, 4) is 0 Å². The average molecular weight is 172 g/mol. The standard InChI is InChI=1S/C9H16OS/c1-4-5-6-9(10)7-11-8(2)3/h4,8H,1,5-7H2,2-3H3. The van der Waals surface area contributed by atoms with Gasteiger partial charge in [-0.1, -0.05) is 19.9 Å². The van der Waals surface area contributed by atoms with E-state index in [1.54, 1.807) is 17.8 Å². The maximum atomic E-state index is 11.0. The summed E-state index contributed by atoms with van der Waals surface area (Å²) in [5.41, 5.74) is 0. The van der Waals surface area contributed by atoms with Gasteiger partial charge in [-0.25, -0.2) is 0 Å². The number of hydrogen-bond acceptors (Lipinski definition) is 2. The molecular formula is C9H16OS. The summed E-state index contributed by atoms with van der Waals surface area (Å²) in [5, 5.41) is 0.558. The van der Waals surface area contributed by atoms with Crippen LogP contribution >= 0.6 is 11.8 Å². The average Bonchev–Trinajstić information content (AvgIpc) is 1.97. The zero-order chi connectivity index (χ0) is 8.69. The molecule has 0 rings (SSSR count). The van der Waals surface area contributed by atoms with Crippen molar-refractivity contribution in [2.45, 2.75) is 31.9 Å². The third-order valence-electron chi connectivity index (χ3n) is 1.20. The summed E-state index contributed by atoms with van der Waals surface area (Å²) in [6, 6.07) is 0. The summed E-state index contributed by atoms with van der Waals surface area (Å²) in [7, 11) is 0. The zero-order valence-electron chi connectivity index (χ0n) is 7.30. The highest BCUT2D eigenvalue weighted by Crippen LogP contribution is 2.09. The summed E-state index contributed by atoms with van der Waals surface area (Å²) in [5.74, 6) is 0.995. The lowest BCUT2D eigenvalue weighted by Gasteiger charge is -2.02. The van der Waals surface area contributed by atoms with Crippen LogP contribution in [0.2, 0.25) is 0 Å². The minimum Gasteiger partial charge on any atom is -0.299 e. The monoisotopic (exact) mass is 172 g/mol. The number of carbonyl (C=O) groups is 1. The third-order valence-corrected chi connectivity index (χ3v) is 2.36. The highest BCUT2D eigenvalue weighted by molar-refractivity contribution is 8.00. The van der Waals surface area contributed by atoms with E-state index in [-0.39, 0.29) is 0 Å². The van der Waals surface area contributed by atoms with Gasteiger partial charge in [0, 0.05) is 6.42 Å². The molecule has 0 aromatic carbocycles. The van der Waals surface area contributed by atoms with Crippen molar-refractivity contribution >= 4 is 17.5 Å². The lowest BCUT2D eigenvalue weighted by Crippen LogP contribution is -2.03. The molecule has 2 heteroatoms. The van der Waals surface area contributed by atoms with Crippen LogP contribution in [0.15, 0.2) is 12.7 Å². The summed E-state index contributed by atoms with van der Waals surface area (Å²) in [6.07, 6.45) is 3.26. The number of allylic oxidation sites excluding steroid dienone is 1. The van der Waals surface area contributed by atoms with Gasteiger partial charge >= 0.3 is 0 Å². The van der Waals surface area contributed by atoms with Crippen molar-refractivity contribution in [3.63, 3.8) is 0 Å². The molecule has 0 atom stereocenters. The number of rotatable bonds is 6. The van der Waals surface area contributed by atoms with Gasteiger partial charge in [0.25, 0.3) is 0 Å². The second-order valence-electron chi connectivity index (χ2n) is 2.73. The molecule has 0 radical (unpaired) electrons. The van der Waals surface area contributed by atoms with Crippen molar-refractivity contribution in [2.24, 2.45) is 0 Å². The van der Waals surface area contributed by atoms with E-state index in [9.17, 15) is 4.79 Å². The molecule has 64 valence electrons. The molecule has 0 aromatic heterocycles. The molecular weight excluding hydrogens is 156 g/mol. The van der Waals surface area contributed by atoms with Gasteiger partial charge in [0.05, 0.1) is 5.75 Å². The molecule has 0 aliphatic rings. The Labute approximate surface area is 73.3 Å². The Hall–Kier alpha value is -0.240. The molecule has 0 saturated carbocycles. The van der Waals surface area contributed by atoms with Gasteiger partial charge < -0.3 is 0 Å². The molecule has 1 nitrogen and oxygen atoms in total. The molecule has 0 fully saturated rings. The first-order valence-corrected chi connectivity index (χ1v) is 4.96. The predicted octanol–water partition coefficient (Wildman–Crippen LogP) is 2.66. The molecule has 0 amide bonds. The van der Waals surface area contributed by atoms with Gasteiger partial charge in [0.2, 0.25) is 0 Å². The topological polar surface area (TPSA) is 17.1 Å². The summed E-state index contributed by atoms with van der Waals surface area (Å²) in [4.78, 5) is 11.0. The lowest BCUT2D eigenvalue weighted by molar-refractivity contribution is -0.116. The number of ketones is 1. The van der Waals surface area contributed by atoms with Crippen LogP contribution in [0.5, 0.6) is 0 Å². The fourth-order valence-electron chi connectivity index (χ4n) is 0.595. The third kappa shape index (κ3) is 7.66. The van der Waals surface area contributed by atoms with Gasteiger partial charge in [0.1, 0.15) is 5.78 Å².